The Kier molecular flexibility index (Phi) is 10.7. The van der Waals surface area contributed by atoms with Gasteiger partial charge in [0, 0.05) is 33.0 Å². The maximum atomic E-state index is 13.3. The summed E-state index contributed by atoms with van der Waals surface area (Å²) in [6.07, 6.45) is 0.151. The number of nitrogens with zero attached hydrogens (tertiary/aromatic N) is 1. The van der Waals surface area contributed by atoms with Crippen molar-refractivity contribution in [3.63, 3.8) is 0 Å². The number of aliphatic hydroxyl groups is 1. The summed E-state index contributed by atoms with van der Waals surface area (Å²) in [6, 6.07) is 12.1. The number of amides is 3. The summed E-state index contributed by atoms with van der Waals surface area (Å²) in [4.78, 5) is 40.6. The number of fused-ring (bicyclic) bond motifs is 1. The van der Waals surface area contributed by atoms with Crippen LogP contribution in [0.5, 0.6) is 0 Å². The number of ether oxygens (including phenoxy) is 1. The van der Waals surface area contributed by atoms with Crippen molar-refractivity contribution in [2.75, 3.05) is 26.7 Å². The van der Waals surface area contributed by atoms with Crippen molar-refractivity contribution in [2.24, 2.45) is 5.73 Å². The summed E-state index contributed by atoms with van der Waals surface area (Å²) < 4.78 is 5.28. The number of carbonyl (C=O) groups is 3. The van der Waals surface area contributed by atoms with Gasteiger partial charge >= 0.3 is 0 Å². The van der Waals surface area contributed by atoms with E-state index in [4.69, 9.17) is 10.5 Å². The van der Waals surface area contributed by atoms with Crippen LogP contribution >= 0.6 is 12.4 Å². The zero-order valence-corrected chi connectivity index (χ0v) is 21.8. The summed E-state index contributed by atoms with van der Waals surface area (Å²) in [7, 11) is 1.42. The number of aliphatic hydroxyl groups excluding tert-OH is 1. The van der Waals surface area contributed by atoms with E-state index in [9.17, 15) is 19.5 Å². The van der Waals surface area contributed by atoms with E-state index < -0.39 is 35.6 Å². The van der Waals surface area contributed by atoms with Crippen LogP contribution in [0.1, 0.15) is 32.3 Å². The van der Waals surface area contributed by atoms with Gasteiger partial charge in [0.25, 0.3) is 5.91 Å². The van der Waals surface area contributed by atoms with E-state index in [0.717, 1.165) is 16.3 Å². The first kappa shape index (κ1) is 29.5. The summed E-state index contributed by atoms with van der Waals surface area (Å²) in [6.45, 7) is 4.09. The van der Waals surface area contributed by atoms with Crippen molar-refractivity contribution < 1.29 is 24.2 Å². The molecule has 1 aliphatic rings. The van der Waals surface area contributed by atoms with Crippen LogP contribution in [-0.4, -0.2) is 78.3 Å². The Hall–Kier alpha value is -2.72. The maximum Gasteiger partial charge on any atom is 0.254 e. The zero-order valence-electron chi connectivity index (χ0n) is 21.0. The first-order valence-electron chi connectivity index (χ1n) is 12.0. The molecule has 0 aromatic heterocycles. The van der Waals surface area contributed by atoms with Gasteiger partial charge in [0.1, 0.15) is 17.7 Å². The molecule has 0 aliphatic carbocycles. The number of hydrogen-bond acceptors (Lipinski definition) is 6. The molecule has 5 N–H and O–H groups in total. The van der Waals surface area contributed by atoms with Gasteiger partial charge in [-0.25, -0.2) is 0 Å². The molecule has 9 nitrogen and oxygen atoms in total. The van der Waals surface area contributed by atoms with Crippen molar-refractivity contribution in [1.82, 2.24) is 15.5 Å². The lowest BCUT2D eigenvalue weighted by molar-refractivity contribution is -0.154. The van der Waals surface area contributed by atoms with Gasteiger partial charge in [-0.3, -0.25) is 14.4 Å². The number of nitrogens with two attached hydrogens (primary N) is 1. The van der Waals surface area contributed by atoms with Gasteiger partial charge in [-0.1, -0.05) is 42.5 Å². The molecule has 3 amide bonds. The average molecular weight is 521 g/mol. The number of likely N-dealkylation sites (tertiary alicyclic amines) is 1. The monoisotopic (exact) mass is 520 g/mol. The Morgan fingerprint density at radius 2 is 1.89 bits per heavy atom. The number of carbonyl (C=O) groups excluding carboxylic acids is 3. The van der Waals surface area contributed by atoms with Crippen molar-refractivity contribution >= 4 is 40.9 Å². The summed E-state index contributed by atoms with van der Waals surface area (Å²) in [5.74, 6) is -1.20. The van der Waals surface area contributed by atoms with Crippen LogP contribution in [0.3, 0.4) is 0 Å². The van der Waals surface area contributed by atoms with Crippen LogP contribution in [0.4, 0.5) is 0 Å². The molecule has 0 radical (unpaired) electrons. The Morgan fingerprint density at radius 3 is 2.56 bits per heavy atom. The van der Waals surface area contributed by atoms with Gasteiger partial charge in [-0.2, -0.15) is 0 Å². The minimum atomic E-state index is -1.15. The Morgan fingerprint density at radius 1 is 1.19 bits per heavy atom. The molecule has 0 saturated carbocycles. The van der Waals surface area contributed by atoms with Crippen LogP contribution in [0.15, 0.2) is 42.5 Å². The first-order chi connectivity index (χ1) is 16.7. The highest BCUT2D eigenvalue weighted by Crippen LogP contribution is 2.24. The van der Waals surface area contributed by atoms with E-state index in [1.807, 2.05) is 42.5 Å². The minimum Gasteiger partial charge on any atom is -0.391 e. The lowest BCUT2D eigenvalue weighted by atomic mass is 10.0. The highest BCUT2D eigenvalue weighted by atomic mass is 35.5. The summed E-state index contributed by atoms with van der Waals surface area (Å²) in [5, 5.41) is 18.0. The van der Waals surface area contributed by atoms with Gasteiger partial charge in [-0.05, 0) is 43.1 Å². The number of nitrogens with one attached hydrogen (secondary N) is 2. The SMILES string of the molecule is COC(C)(C)C(=O)N1C[C@H](O)C[C@H]1C(=O)N[C@H](Cc1ccc2ccccc2c1)C(=O)NCCCN.Cl. The Balaban J connectivity index is 0.00000456. The minimum absolute atomic E-state index is 0. The Bertz CT molecular complexity index is 1060. The fourth-order valence-corrected chi connectivity index (χ4v) is 4.24. The normalized spacial score (nSPS) is 18.4. The van der Waals surface area contributed by atoms with Crippen LogP contribution in [-0.2, 0) is 25.5 Å². The second-order valence-corrected chi connectivity index (χ2v) is 9.46. The van der Waals surface area contributed by atoms with Crippen molar-refractivity contribution in [2.45, 2.75) is 56.9 Å². The highest BCUT2D eigenvalue weighted by molar-refractivity contribution is 5.94. The molecule has 0 spiro atoms. The second-order valence-electron chi connectivity index (χ2n) is 9.46. The van der Waals surface area contributed by atoms with Gasteiger partial charge in [-0.15, -0.1) is 12.4 Å². The van der Waals surface area contributed by atoms with E-state index in [1.54, 1.807) is 13.8 Å². The van der Waals surface area contributed by atoms with Crippen LogP contribution in [0, 0.1) is 0 Å². The molecule has 198 valence electrons. The zero-order chi connectivity index (χ0) is 25.6. The lowest BCUT2D eigenvalue weighted by Gasteiger charge is -2.32. The third-order valence-corrected chi connectivity index (χ3v) is 6.43. The van der Waals surface area contributed by atoms with E-state index in [1.165, 1.54) is 12.0 Å². The van der Waals surface area contributed by atoms with Gasteiger partial charge in [0.05, 0.1) is 6.10 Å². The average Bonchev–Trinajstić information content (AvgIpc) is 3.24. The molecule has 1 aliphatic heterocycles. The molecule has 1 fully saturated rings. The predicted octanol–water partition coefficient (Wildman–Crippen LogP) is 1.14. The highest BCUT2D eigenvalue weighted by Gasteiger charge is 2.44. The maximum absolute atomic E-state index is 13.3. The molecule has 36 heavy (non-hydrogen) atoms. The smallest absolute Gasteiger partial charge is 0.254 e. The quantitative estimate of drug-likeness (QED) is 0.347. The number of benzene rings is 2. The van der Waals surface area contributed by atoms with E-state index in [-0.39, 0.29) is 37.7 Å². The van der Waals surface area contributed by atoms with E-state index in [0.29, 0.717) is 19.5 Å². The number of halogens is 1. The largest absolute Gasteiger partial charge is 0.391 e. The fourth-order valence-electron chi connectivity index (χ4n) is 4.24. The van der Waals surface area contributed by atoms with Gasteiger partial charge < -0.3 is 31.1 Å². The van der Waals surface area contributed by atoms with Crippen molar-refractivity contribution in [1.29, 1.82) is 0 Å². The molecule has 10 heteroatoms. The van der Waals surface area contributed by atoms with Crippen LogP contribution in [0.2, 0.25) is 0 Å². The summed E-state index contributed by atoms with van der Waals surface area (Å²) in [5.41, 5.74) is 5.29. The van der Waals surface area contributed by atoms with Crippen molar-refractivity contribution in [3.05, 3.63) is 48.0 Å². The Labute approximate surface area is 218 Å². The number of rotatable bonds is 10. The van der Waals surface area contributed by atoms with Crippen LogP contribution in [0.25, 0.3) is 10.8 Å². The van der Waals surface area contributed by atoms with Crippen molar-refractivity contribution in [3.8, 4) is 0 Å². The molecule has 2 aromatic rings. The molecule has 0 unspecified atom stereocenters. The number of methoxy groups -OCH3 is 1. The second kappa shape index (κ2) is 13.0. The predicted molar refractivity (Wildman–Crippen MR) is 141 cm³/mol. The number of hydrogen-bond donors (Lipinski definition) is 4. The molecule has 2 aromatic carbocycles. The van der Waals surface area contributed by atoms with E-state index in [2.05, 4.69) is 10.6 Å². The first-order valence-corrected chi connectivity index (χ1v) is 12.0. The third-order valence-electron chi connectivity index (χ3n) is 6.43. The summed E-state index contributed by atoms with van der Waals surface area (Å²) >= 11 is 0. The molecule has 1 heterocycles. The van der Waals surface area contributed by atoms with E-state index >= 15 is 0 Å². The van der Waals surface area contributed by atoms with Gasteiger partial charge in [0.2, 0.25) is 11.8 Å². The lowest BCUT2D eigenvalue weighted by Crippen LogP contribution is -2.56. The third kappa shape index (κ3) is 7.16. The van der Waals surface area contributed by atoms with Crippen LogP contribution < -0.4 is 16.4 Å². The number of β-amino-alcohol motifs (C(OH)–C–C–N with tert-alkyl or cyclic N) is 1. The molecular weight excluding hydrogens is 484 g/mol. The molecule has 0 bridgehead atoms. The fraction of sp³-hybridized carbons (Fsp3) is 0.500. The standard InChI is InChI=1S/C26H36N4O5.ClH/c1-26(2,35-3)25(34)30-16-20(31)15-22(30)24(33)29-21(23(32)28-12-6-11-27)14-17-9-10-18-7-4-5-8-19(18)13-17;/h4-5,7-10,13,20-22,31H,6,11-12,14-16,27H2,1-3H3,(H,28,32)(H,29,33);1H/t20-,21-,22+;/m1./s1. The molecular formula is C26H37ClN4O5. The molecule has 3 rings (SSSR count). The molecule has 3 atom stereocenters. The molecule has 1 saturated heterocycles. The topological polar surface area (TPSA) is 134 Å². The van der Waals surface area contributed by atoms with Gasteiger partial charge in [0.15, 0.2) is 0 Å².